The molecule has 2 aliphatic rings. The van der Waals surface area contributed by atoms with Gasteiger partial charge in [-0.15, -0.1) is 0 Å². The molecule has 0 bridgehead atoms. The first-order chi connectivity index (χ1) is 16.8. The summed E-state index contributed by atoms with van der Waals surface area (Å²) in [5.41, 5.74) is 4.25. The molecule has 1 saturated heterocycles. The second-order valence-corrected chi connectivity index (χ2v) is 8.74. The van der Waals surface area contributed by atoms with Crippen molar-refractivity contribution in [1.29, 1.82) is 5.26 Å². The number of hydrogen-bond donors (Lipinski definition) is 1. The van der Waals surface area contributed by atoms with E-state index < -0.39 is 0 Å². The average Bonchev–Trinajstić information content (AvgIpc) is 2.91. The highest BCUT2D eigenvalue weighted by Crippen LogP contribution is 2.30. The van der Waals surface area contributed by atoms with Crippen LogP contribution in [0.4, 0.5) is 17.3 Å². The standard InChI is InChI=1S/C27H29N5O2/c28-19-21-18-20(6-11-26(21)34-24-4-2-1-3-5-24)25-12-13-29-27(31-25)30-22-7-9-23(10-8-22)32-14-16-33-17-15-32/h6-13,18,24H,1-5,14-17H2,(H,29,30,31). The van der Waals surface area contributed by atoms with Gasteiger partial charge in [0.05, 0.1) is 30.6 Å². The summed E-state index contributed by atoms with van der Waals surface area (Å²) in [6, 6.07) is 18.1. The van der Waals surface area contributed by atoms with Crippen LogP contribution in [0.3, 0.4) is 0 Å². The van der Waals surface area contributed by atoms with E-state index >= 15 is 0 Å². The summed E-state index contributed by atoms with van der Waals surface area (Å²) < 4.78 is 11.6. The number of ether oxygens (including phenoxy) is 2. The maximum Gasteiger partial charge on any atom is 0.227 e. The number of nitrogens with zero attached hydrogens (tertiary/aromatic N) is 4. The number of hydrogen-bond acceptors (Lipinski definition) is 7. The Balaban J connectivity index is 1.29. The Morgan fingerprint density at radius 2 is 1.79 bits per heavy atom. The Kier molecular flexibility index (Phi) is 6.87. The van der Waals surface area contributed by atoms with Crippen LogP contribution in [-0.4, -0.2) is 42.4 Å². The van der Waals surface area contributed by atoms with Crippen molar-refractivity contribution in [1.82, 2.24) is 9.97 Å². The van der Waals surface area contributed by atoms with Crippen LogP contribution in [0.25, 0.3) is 11.3 Å². The number of anilines is 3. The molecule has 0 spiro atoms. The molecule has 7 nitrogen and oxygen atoms in total. The largest absolute Gasteiger partial charge is 0.489 e. The molecule has 7 heteroatoms. The number of nitrogens with one attached hydrogen (secondary N) is 1. The summed E-state index contributed by atoms with van der Waals surface area (Å²) in [5.74, 6) is 1.17. The molecular weight excluding hydrogens is 426 g/mol. The summed E-state index contributed by atoms with van der Waals surface area (Å²) in [6.07, 6.45) is 7.70. The minimum atomic E-state index is 0.205. The van der Waals surface area contributed by atoms with Crippen molar-refractivity contribution in [2.24, 2.45) is 0 Å². The SMILES string of the molecule is N#Cc1cc(-c2ccnc(Nc3ccc(N4CCOCC4)cc3)n2)ccc1OC1CCCCC1. The second kappa shape index (κ2) is 10.5. The molecule has 1 N–H and O–H groups in total. The number of nitriles is 1. The van der Waals surface area contributed by atoms with Gasteiger partial charge in [-0.1, -0.05) is 6.42 Å². The molecule has 2 fully saturated rings. The zero-order chi connectivity index (χ0) is 23.2. The van der Waals surface area contributed by atoms with Crippen molar-refractivity contribution in [3.8, 4) is 23.1 Å². The van der Waals surface area contributed by atoms with E-state index in [0.717, 1.165) is 56.1 Å². The second-order valence-electron chi connectivity index (χ2n) is 8.74. The van der Waals surface area contributed by atoms with Crippen molar-refractivity contribution in [3.63, 3.8) is 0 Å². The smallest absolute Gasteiger partial charge is 0.227 e. The third-order valence-corrected chi connectivity index (χ3v) is 6.40. The topological polar surface area (TPSA) is 83.3 Å². The van der Waals surface area contributed by atoms with Crippen molar-refractivity contribution in [2.45, 2.75) is 38.2 Å². The quantitative estimate of drug-likeness (QED) is 0.539. The minimum absolute atomic E-state index is 0.205. The van der Waals surface area contributed by atoms with E-state index in [1.807, 2.05) is 36.4 Å². The Bertz CT molecular complexity index is 1150. The molecule has 2 aromatic carbocycles. The number of rotatable bonds is 6. The predicted octanol–water partition coefficient (Wildman–Crippen LogP) is 5.31. The first-order valence-electron chi connectivity index (χ1n) is 12.0. The number of morpholine rings is 1. The lowest BCUT2D eigenvalue weighted by Crippen LogP contribution is -2.36. The van der Waals surface area contributed by atoms with Crippen molar-refractivity contribution in [2.75, 3.05) is 36.5 Å². The molecule has 3 aromatic rings. The van der Waals surface area contributed by atoms with Gasteiger partial charge in [-0.3, -0.25) is 0 Å². The number of aromatic nitrogens is 2. The van der Waals surface area contributed by atoms with E-state index in [1.165, 1.54) is 24.9 Å². The summed E-state index contributed by atoms with van der Waals surface area (Å²) in [5, 5.41) is 13.0. The molecule has 1 aliphatic carbocycles. The fourth-order valence-electron chi connectivity index (χ4n) is 4.53. The van der Waals surface area contributed by atoms with Gasteiger partial charge in [-0.2, -0.15) is 5.26 Å². The van der Waals surface area contributed by atoms with Gasteiger partial charge in [0.25, 0.3) is 0 Å². The van der Waals surface area contributed by atoms with E-state index in [1.54, 1.807) is 6.20 Å². The molecule has 1 aromatic heterocycles. The highest BCUT2D eigenvalue weighted by Gasteiger charge is 2.17. The predicted molar refractivity (Wildman–Crippen MR) is 132 cm³/mol. The molecular formula is C27H29N5O2. The third kappa shape index (κ3) is 5.29. The normalized spacial score (nSPS) is 16.6. The maximum atomic E-state index is 9.70. The Hall–Kier alpha value is -3.63. The van der Waals surface area contributed by atoms with Crippen LogP contribution in [0, 0.1) is 11.3 Å². The number of benzene rings is 2. The van der Waals surface area contributed by atoms with Crippen LogP contribution < -0.4 is 15.0 Å². The van der Waals surface area contributed by atoms with Crippen molar-refractivity contribution < 1.29 is 9.47 Å². The molecule has 1 aliphatic heterocycles. The third-order valence-electron chi connectivity index (χ3n) is 6.40. The van der Waals surface area contributed by atoms with Crippen LogP contribution in [-0.2, 0) is 4.74 Å². The first-order valence-corrected chi connectivity index (χ1v) is 12.0. The molecule has 34 heavy (non-hydrogen) atoms. The van der Waals surface area contributed by atoms with Crippen LogP contribution in [0.15, 0.2) is 54.7 Å². The monoisotopic (exact) mass is 455 g/mol. The van der Waals surface area contributed by atoms with E-state index in [-0.39, 0.29) is 6.10 Å². The van der Waals surface area contributed by atoms with Gasteiger partial charge in [-0.25, -0.2) is 9.97 Å². The van der Waals surface area contributed by atoms with Crippen molar-refractivity contribution in [3.05, 3.63) is 60.3 Å². The molecule has 0 radical (unpaired) electrons. The van der Waals surface area contributed by atoms with Gasteiger partial charge in [0, 0.05) is 36.2 Å². The van der Waals surface area contributed by atoms with E-state index in [9.17, 15) is 5.26 Å². The van der Waals surface area contributed by atoms with Crippen molar-refractivity contribution >= 4 is 17.3 Å². The average molecular weight is 456 g/mol. The van der Waals surface area contributed by atoms with Crippen LogP contribution >= 0.6 is 0 Å². The lowest BCUT2D eigenvalue weighted by molar-refractivity contribution is 0.122. The molecule has 174 valence electrons. The van der Waals surface area contributed by atoms with E-state index in [4.69, 9.17) is 9.47 Å². The van der Waals surface area contributed by atoms with Gasteiger partial charge < -0.3 is 19.7 Å². The molecule has 2 heterocycles. The molecule has 0 atom stereocenters. The Labute approximate surface area is 200 Å². The summed E-state index contributed by atoms with van der Waals surface area (Å²) in [7, 11) is 0. The highest BCUT2D eigenvalue weighted by atomic mass is 16.5. The van der Waals surface area contributed by atoms with Crippen LogP contribution in [0.2, 0.25) is 0 Å². The molecule has 5 rings (SSSR count). The lowest BCUT2D eigenvalue weighted by atomic mass is 9.97. The maximum absolute atomic E-state index is 9.70. The summed E-state index contributed by atoms with van der Waals surface area (Å²) in [6.45, 7) is 3.35. The fraction of sp³-hybridized carbons (Fsp3) is 0.370. The fourth-order valence-corrected chi connectivity index (χ4v) is 4.53. The van der Waals surface area contributed by atoms with Crippen LogP contribution in [0.5, 0.6) is 5.75 Å². The lowest BCUT2D eigenvalue weighted by Gasteiger charge is -2.28. The zero-order valence-electron chi connectivity index (χ0n) is 19.2. The van der Waals surface area contributed by atoms with Gasteiger partial charge in [-0.05, 0) is 74.2 Å². The van der Waals surface area contributed by atoms with Gasteiger partial charge in [0.2, 0.25) is 5.95 Å². The molecule has 1 saturated carbocycles. The van der Waals surface area contributed by atoms with Crippen LogP contribution in [0.1, 0.15) is 37.7 Å². The van der Waals surface area contributed by atoms with Gasteiger partial charge >= 0.3 is 0 Å². The minimum Gasteiger partial charge on any atom is -0.489 e. The van der Waals surface area contributed by atoms with E-state index in [2.05, 4.69) is 38.4 Å². The van der Waals surface area contributed by atoms with Gasteiger partial charge in [0.15, 0.2) is 0 Å². The zero-order valence-corrected chi connectivity index (χ0v) is 19.2. The summed E-state index contributed by atoms with van der Waals surface area (Å²) >= 11 is 0. The molecule has 0 amide bonds. The molecule has 0 unspecified atom stereocenters. The summed E-state index contributed by atoms with van der Waals surface area (Å²) in [4.78, 5) is 11.4. The highest BCUT2D eigenvalue weighted by molar-refractivity contribution is 5.66. The Morgan fingerprint density at radius 1 is 1.00 bits per heavy atom. The Morgan fingerprint density at radius 3 is 2.56 bits per heavy atom. The first kappa shape index (κ1) is 22.2. The van der Waals surface area contributed by atoms with E-state index in [0.29, 0.717) is 17.3 Å². The van der Waals surface area contributed by atoms with Gasteiger partial charge in [0.1, 0.15) is 11.8 Å².